The van der Waals surface area contributed by atoms with E-state index >= 15 is 0 Å². The van der Waals surface area contributed by atoms with Crippen molar-refractivity contribution in [2.24, 2.45) is 0 Å². The average Bonchev–Trinajstić information content (AvgIpc) is 2.66. The summed E-state index contributed by atoms with van der Waals surface area (Å²) in [5.74, 6) is 0. The van der Waals surface area contributed by atoms with E-state index < -0.39 is 18.9 Å². The minimum absolute atomic E-state index is 0.00267. The fourth-order valence-corrected chi connectivity index (χ4v) is 5.45. The molecule has 0 N–H and O–H groups in total. The van der Waals surface area contributed by atoms with E-state index in [1.165, 1.54) is 12.1 Å². The summed E-state index contributed by atoms with van der Waals surface area (Å²) < 4.78 is 47.0. The quantitative estimate of drug-likeness (QED) is 0.190. The lowest BCUT2D eigenvalue weighted by Crippen LogP contribution is -2.46. The summed E-state index contributed by atoms with van der Waals surface area (Å²) in [5.41, 5.74) is 0.975. The Morgan fingerprint density at radius 3 is 1.85 bits per heavy atom. The average molecular weight is 413 g/mol. The molecule has 0 heterocycles. The maximum atomic E-state index is 12.2. The number of hydrogen-bond acceptors (Lipinski definition) is 6. The highest BCUT2D eigenvalue weighted by Gasteiger charge is 2.40. The first-order valence-electron chi connectivity index (χ1n) is 8.60. The van der Waals surface area contributed by atoms with E-state index in [0.717, 1.165) is 5.56 Å². The van der Waals surface area contributed by atoms with Gasteiger partial charge in [-0.05, 0) is 25.5 Å². The van der Waals surface area contributed by atoms with Crippen LogP contribution in [0.15, 0.2) is 67.1 Å². The Kier molecular flexibility index (Phi) is 10.5. The second-order valence-corrected chi connectivity index (χ2v) is 10.0. The maximum Gasteiger partial charge on any atom is 0.501 e. The standard InChI is InChI=1S/C19H28O6SSi/c1-5-13-23-27(24-14-6-2,25-15-7-3)17-8-16-22-26(20,21)19-11-9-18(4)10-12-19/h5-7,9-12H,1-3,8,13-17H2,4H3. The third-order valence-electron chi connectivity index (χ3n) is 3.44. The van der Waals surface area contributed by atoms with Crippen LogP contribution in [0.1, 0.15) is 12.0 Å². The van der Waals surface area contributed by atoms with E-state index in [1.807, 2.05) is 6.92 Å². The van der Waals surface area contributed by atoms with Crippen molar-refractivity contribution in [3.05, 3.63) is 67.8 Å². The van der Waals surface area contributed by atoms with Gasteiger partial charge in [-0.3, -0.25) is 4.18 Å². The molecule has 0 aromatic heterocycles. The molecule has 0 spiro atoms. The molecule has 8 heteroatoms. The van der Waals surface area contributed by atoms with Crippen LogP contribution in [0.3, 0.4) is 0 Å². The zero-order chi connectivity index (χ0) is 20.2. The van der Waals surface area contributed by atoms with Gasteiger partial charge >= 0.3 is 8.80 Å². The molecule has 0 saturated heterocycles. The maximum absolute atomic E-state index is 12.2. The van der Waals surface area contributed by atoms with Gasteiger partial charge in [-0.15, -0.1) is 19.7 Å². The van der Waals surface area contributed by atoms with Gasteiger partial charge in [0.2, 0.25) is 0 Å². The third kappa shape index (κ3) is 8.33. The van der Waals surface area contributed by atoms with Gasteiger partial charge in [-0.25, -0.2) is 0 Å². The Morgan fingerprint density at radius 1 is 0.926 bits per heavy atom. The minimum atomic E-state index is -3.80. The van der Waals surface area contributed by atoms with Gasteiger partial charge in [0.25, 0.3) is 10.1 Å². The van der Waals surface area contributed by atoms with Gasteiger partial charge < -0.3 is 13.3 Å². The lowest BCUT2D eigenvalue weighted by molar-refractivity contribution is 0.0842. The van der Waals surface area contributed by atoms with Crippen LogP contribution in [0.5, 0.6) is 0 Å². The molecule has 1 aromatic rings. The first-order valence-corrected chi connectivity index (χ1v) is 11.9. The fourth-order valence-electron chi connectivity index (χ4n) is 2.13. The fraction of sp³-hybridized carbons (Fsp3) is 0.368. The summed E-state index contributed by atoms with van der Waals surface area (Å²) in [7, 11) is -6.83. The molecular formula is C19H28O6SSi. The molecule has 0 radical (unpaired) electrons. The number of benzene rings is 1. The number of rotatable bonds is 15. The van der Waals surface area contributed by atoms with Crippen LogP contribution < -0.4 is 0 Å². The molecule has 0 aliphatic heterocycles. The SMILES string of the molecule is C=CCO[Si](CCCOS(=O)(=O)c1ccc(C)cc1)(OCC=C)OCC=C. The molecule has 6 nitrogen and oxygen atoms in total. The molecule has 1 aromatic carbocycles. The highest BCUT2D eigenvalue weighted by atomic mass is 32.2. The van der Waals surface area contributed by atoms with E-state index in [2.05, 4.69) is 19.7 Å². The van der Waals surface area contributed by atoms with Crippen LogP contribution in [-0.4, -0.2) is 43.6 Å². The second kappa shape index (κ2) is 12.0. The predicted molar refractivity (Wildman–Crippen MR) is 108 cm³/mol. The summed E-state index contributed by atoms with van der Waals surface area (Å²) in [6.07, 6.45) is 5.21. The monoisotopic (exact) mass is 412 g/mol. The van der Waals surface area contributed by atoms with Crippen LogP contribution in [0.4, 0.5) is 0 Å². The van der Waals surface area contributed by atoms with Gasteiger partial charge in [0.05, 0.1) is 31.3 Å². The van der Waals surface area contributed by atoms with E-state index in [-0.39, 0.29) is 31.3 Å². The van der Waals surface area contributed by atoms with Crippen molar-refractivity contribution in [3.8, 4) is 0 Å². The molecular weight excluding hydrogens is 384 g/mol. The summed E-state index contributed by atoms with van der Waals surface area (Å²) in [4.78, 5) is 0.130. The van der Waals surface area contributed by atoms with E-state index in [1.54, 1.807) is 30.4 Å². The molecule has 0 bridgehead atoms. The minimum Gasteiger partial charge on any atom is -0.370 e. The molecule has 0 fully saturated rings. The Labute approximate surface area is 163 Å². The molecule has 0 atom stereocenters. The van der Waals surface area contributed by atoms with E-state index in [4.69, 9.17) is 17.5 Å². The van der Waals surface area contributed by atoms with Crippen molar-refractivity contribution >= 4 is 18.9 Å². The molecule has 27 heavy (non-hydrogen) atoms. The lowest BCUT2D eigenvalue weighted by Gasteiger charge is -2.28. The predicted octanol–water partition coefficient (Wildman–Crippen LogP) is 3.64. The summed E-state index contributed by atoms with van der Waals surface area (Å²) in [6.45, 7) is 13.6. The van der Waals surface area contributed by atoms with Crippen LogP contribution in [0.2, 0.25) is 6.04 Å². The van der Waals surface area contributed by atoms with Crippen LogP contribution in [0, 0.1) is 6.92 Å². The van der Waals surface area contributed by atoms with Gasteiger partial charge in [-0.2, -0.15) is 8.42 Å². The highest BCUT2D eigenvalue weighted by Crippen LogP contribution is 2.20. The third-order valence-corrected chi connectivity index (χ3v) is 7.55. The number of hydrogen-bond donors (Lipinski definition) is 0. The van der Waals surface area contributed by atoms with Crippen LogP contribution in [-0.2, 0) is 27.6 Å². The Bertz CT molecular complexity index is 668. The largest absolute Gasteiger partial charge is 0.501 e. The van der Waals surface area contributed by atoms with E-state index in [0.29, 0.717) is 12.5 Å². The zero-order valence-electron chi connectivity index (χ0n) is 15.8. The normalized spacial score (nSPS) is 11.9. The first-order chi connectivity index (χ1) is 12.9. The van der Waals surface area contributed by atoms with Gasteiger partial charge in [0.1, 0.15) is 0 Å². The van der Waals surface area contributed by atoms with Crippen molar-refractivity contribution in [1.29, 1.82) is 0 Å². The Morgan fingerprint density at radius 2 is 1.41 bits per heavy atom. The molecule has 0 aliphatic rings. The lowest BCUT2D eigenvalue weighted by atomic mass is 10.2. The molecule has 0 aliphatic carbocycles. The van der Waals surface area contributed by atoms with Crippen molar-refractivity contribution in [3.63, 3.8) is 0 Å². The number of aryl methyl sites for hydroxylation is 1. The van der Waals surface area contributed by atoms with Gasteiger partial charge in [0.15, 0.2) is 0 Å². The summed E-state index contributed by atoms with van der Waals surface area (Å²) in [6, 6.07) is 6.90. The van der Waals surface area contributed by atoms with Crippen LogP contribution in [0.25, 0.3) is 0 Å². The molecule has 150 valence electrons. The summed E-state index contributed by atoms with van der Waals surface area (Å²) >= 11 is 0. The van der Waals surface area contributed by atoms with Crippen molar-refractivity contribution < 1.29 is 25.9 Å². The van der Waals surface area contributed by atoms with Gasteiger partial charge in [-0.1, -0.05) is 35.9 Å². The van der Waals surface area contributed by atoms with Crippen molar-refractivity contribution in [1.82, 2.24) is 0 Å². The first kappa shape index (κ1) is 23.5. The van der Waals surface area contributed by atoms with Crippen LogP contribution >= 0.6 is 0 Å². The molecule has 1 rings (SSSR count). The molecule has 0 unspecified atom stereocenters. The van der Waals surface area contributed by atoms with Gasteiger partial charge in [0, 0.05) is 6.04 Å². The molecule has 0 saturated carbocycles. The van der Waals surface area contributed by atoms with E-state index in [9.17, 15) is 8.42 Å². The zero-order valence-corrected chi connectivity index (χ0v) is 17.6. The van der Waals surface area contributed by atoms with Crippen molar-refractivity contribution in [2.75, 3.05) is 26.4 Å². The molecule has 0 amide bonds. The van der Waals surface area contributed by atoms with Crippen molar-refractivity contribution in [2.45, 2.75) is 24.3 Å². The highest BCUT2D eigenvalue weighted by molar-refractivity contribution is 7.86. The Hall–Kier alpha value is -1.55. The topological polar surface area (TPSA) is 71.1 Å². The summed E-state index contributed by atoms with van der Waals surface area (Å²) in [5, 5.41) is 0. The Balaban J connectivity index is 2.69. The second-order valence-electron chi connectivity index (χ2n) is 5.67. The smallest absolute Gasteiger partial charge is 0.370 e.